The molecule has 1 aliphatic heterocycles. The number of amides is 1. The average molecular weight is 259 g/mol. The topological polar surface area (TPSA) is 29.1 Å². The number of nitrogens with one attached hydrogen (secondary N) is 1. The second-order valence-corrected chi connectivity index (χ2v) is 3.62. The molecule has 56 valence electrons. The second-order valence-electron chi connectivity index (χ2n) is 2.46. The largest absolute Gasteiger partial charge is 0.348 e. The van der Waals surface area contributed by atoms with E-state index in [1.807, 2.05) is 18.2 Å². The number of fused-ring (bicyclic) bond motifs is 1. The van der Waals surface area contributed by atoms with Gasteiger partial charge in [0, 0.05) is 10.1 Å². The van der Waals surface area contributed by atoms with Gasteiger partial charge in [-0.1, -0.05) is 12.1 Å². The monoisotopic (exact) mass is 259 g/mol. The number of rotatable bonds is 0. The van der Waals surface area contributed by atoms with Gasteiger partial charge in [0.2, 0.25) is 0 Å². The summed E-state index contributed by atoms with van der Waals surface area (Å²) in [6, 6.07) is 5.90. The molecule has 1 aromatic rings. The van der Waals surface area contributed by atoms with Gasteiger partial charge in [0.1, 0.15) is 0 Å². The van der Waals surface area contributed by atoms with Crippen LogP contribution in [0.5, 0.6) is 0 Å². The maximum atomic E-state index is 11.2. The zero-order valence-corrected chi connectivity index (χ0v) is 7.88. The van der Waals surface area contributed by atoms with Crippen LogP contribution in [0.3, 0.4) is 0 Å². The van der Waals surface area contributed by atoms with Gasteiger partial charge in [0.05, 0.1) is 5.56 Å². The maximum Gasteiger partial charge on any atom is 0.252 e. The van der Waals surface area contributed by atoms with Crippen LogP contribution in [0.1, 0.15) is 15.9 Å². The molecule has 11 heavy (non-hydrogen) atoms. The third-order valence-corrected chi connectivity index (χ3v) is 2.67. The zero-order valence-electron chi connectivity index (χ0n) is 5.73. The molecule has 0 spiro atoms. The lowest BCUT2D eigenvalue weighted by molar-refractivity contribution is 0.0965. The fourth-order valence-corrected chi connectivity index (χ4v) is 2.03. The van der Waals surface area contributed by atoms with E-state index in [0.717, 1.165) is 14.7 Å². The summed E-state index contributed by atoms with van der Waals surface area (Å²) in [5.41, 5.74) is 1.97. The van der Waals surface area contributed by atoms with E-state index >= 15 is 0 Å². The molecule has 1 aromatic carbocycles. The van der Waals surface area contributed by atoms with E-state index in [1.54, 1.807) is 0 Å². The molecule has 1 aliphatic rings. The highest BCUT2D eigenvalue weighted by Gasteiger charge is 2.20. The van der Waals surface area contributed by atoms with Crippen LogP contribution in [0.15, 0.2) is 18.2 Å². The zero-order chi connectivity index (χ0) is 7.84. The summed E-state index contributed by atoms with van der Waals surface area (Å²) in [4.78, 5) is 11.2. The van der Waals surface area contributed by atoms with Crippen molar-refractivity contribution in [1.82, 2.24) is 5.32 Å². The van der Waals surface area contributed by atoms with Crippen molar-refractivity contribution in [2.75, 3.05) is 0 Å². The van der Waals surface area contributed by atoms with Crippen LogP contribution in [-0.4, -0.2) is 5.91 Å². The molecule has 3 heteroatoms. The highest BCUT2D eigenvalue weighted by molar-refractivity contribution is 14.1. The van der Waals surface area contributed by atoms with Crippen molar-refractivity contribution in [3.8, 4) is 0 Å². The number of hydrogen-bond donors (Lipinski definition) is 1. The van der Waals surface area contributed by atoms with Crippen LogP contribution in [-0.2, 0) is 6.54 Å². The van der Waals surface area contributed by atoms with Crippen molar-refractivity contribution in [3.05, 3.63) is 32.9 Å². The minimum absolute atomic E-state index is 0.0602. The fourth-order valence-electron chi connectivity index (χ4n) is 1.23. The minimum Gasteiger partial charge on any atom is -0.348 e. The van der Waals surface area contributed by atoms with Crippen molar-refractivity contribution in [2.45, 2.75) is 6.54 Å². The number of halogens is 1. The number of hydrogen-bond acceptors (Lipinski definition) is 1. The smallest absolute Gasteiger partial charge is 0.252 e. The molecular formula is C8H6INO. The molecule has 1 N–H and O–H groups in total. The molecule has 1 heterocycles. The number of carbonyl (C=O) groups is 1. The van der Waals surface area contributed by atoms with E-state index in [1.165, 1.54) is 0 Å². The van der Waals surface area contributed by atoms with Crippen LogP contribution < -0.4 is 5.32 Å². The lowest BCUT2D eigenvalue weighted by Gasteiger charge is -1.96. The van der Waals surface area contributed by atoms with Gasteiger partial charge >= 0.3 is 0 Å². The van der Waals surface area contributed by atoms with Crippen LogP contribution in [0, 0.1) is 3.57 Å². The van der Waals surface area contributed by atoms with Gasteiger partial charge in [-0.05, 0) is 34.2 Å². The summed E-state index contributed by atoms with van der Waals surface area (Å²) in [5, 5.41) is 2.78. The molecule has 0 aliphatic carbocycles. The maximum absolute atomic E-state index is 11.2. The van der Waals surface area contributed by atoms with Gasteiger partial charge < -0.3 is 5.32 Å². The molecule has 0 saturated heterocycles. The van der Waals surface area contributed by atoms with Gasteiger partial charge in [-0.2, -0.15) is 0 Å². The third-order valence-electron chi connectivity index (χ3n) is 1.77. The molecular weight excluding hydrogens is 253 g/mol. The van der Waals surface area contributed by atoms with Gasteiger partial charge in [-0.15, -0.1) is 0 Å². The summed E-state index contributed by atoms with van der Waals surface area (Å²) in [7, 11) is 0. The van der Waals surface area contributed by atoms with E-state index in [2.05, 4.69) is 27.9 Å². The summed E-state index contributed by atoms with van der Waals surface area (Å²) < 4.78 is 1.04. The van der Waals surface area contributed by atoms with E-state index in [-0.39, 0.29) is 5.91 Å². The third kappa shape index (κ3) is 1.03. The predicted octanol–water partition coefficient (Wildman–Crippen LogP) is 1.53. The average Bonchev–Trinajstić information content (AvgIpc) is 2.34. The SMILES string of the molecule is O=C1NCc2cccc(I)c21. The number of benzene rings is 1. The van der Waals surface area contributed by atoms with Crippen molar-refractivity contribution in [1.29, 1.82) is 0 Å². The Balaban J connectivity index is 2.68. The Morgan fingerprint density at radius 2 is 2.27 bits per heavy atom. The normalized spacial score (nSPS) is 14.5. The van der Waals surface area contributed by atoms with Crippen LogP contribution in [0.2, 0.25) is 0 Å². The molecule has 0 aromatic heterocycles. The molecule has 0 radical (unpaired) electrons. The lowest BCUT2D eigenvalue weighted by Crippen LogP contribution is -2.13. The van der Waals surface area contributed by atoms with Crippen LogP contribution >= 0.6 is 22.6 Å². The minimum atomic E-state index is 0.0602. The highest BCUT2D eigenvalue weighted by Crippen LogP contribution is 2.20. The molecule has 0 fully saturated rings. The first-order valence-electron chi connectivity index (χ1n) is 3.34. The van der Waals surface area contributed by atoms with Crippen molar-refractivity contribution >= 4 is 28.5 Å². The summed E-state index contributed by atoms with van der Waals surface area (Å²) >= 11 is 2.18. The quantitative estimate of drug-likeness (QED) is 0.703. The molecule has 0 unspecified atom stereocenters. The Labute approximate surface area is 78.1 Å². The standard InChI is InChI=1S/C8H6INO/c9-6-3-1-2-5-4-10-8(11)7(5)6/h1-3H,4H2,(H,10,11). The van der Waals surface area contributed by atoms with E-state index < -0.39 is 0 Å². The summed E-state index contributed by atoms with van der Waals surface area (Å²) in [6.45, 7) is 0.686. The van der Waals surface area contributed by atoms with Crippen molar-refractivity contribution in [3.63, 3.8) is 0 Å². The number of carbonyl (C=O) groups excluding carboxylic acids is 1. The molecule has 0 saturated carbocycles. The van der Waals surface area contributed by atoms with Gasteiger partial charge in [0.15, 0.2) is 0 Å². The lowest BCUT2D eigenvalue weighted by atomic mass is 10.1. The first-order valence-corrected chi connectivity index (χ1v) is 4.42. The van der Waals surface area contributed by atoms with E-state index in [0.29, 0.717) is 6.54 Å². The highest BCUT2D eigenvalue weighted by atomic mass is 127. The summed E-state index contributed by atoms with van der Waals surface area (Å²) in [5.74, 6) is 0.0602. The molecule has 0 bridgehead atoms. The van der Waals surface area contributed by atoms with Crippen LogP contribution in [0.4, 0.5) is 0 Å². The summed E-state index contributed by atoms with van der Waals surface area (Å²) in [6.07, 6.45) is 0. The first kappa shape index (κ1) is 7.09. The molecule has 0 atom stereocenters. The first-order chi connectivity index (χ1) is 5.29. The van der Waals surface area contributed by atoms with Gasteiger partial charge in [-0.25, -0.2) is 0 Å². The molecule has 2 nitrogen and oxygen atoms in total. The van der Waals surface area contributed by atoms with Crippen molar-refractivity contribution in [2.24, 2.45) is 0 Å². The Bertz CT molecular complexity index is 322. The second kappa shape index (κ2) is 2.48. The fraction of sp³-hybridized carbons (Fsp3) is 0.125. The molecule has 2 rings (SSSR count). The Morgan fingerprint density at radius 1 is 1.45 bits per heavy atom. The Hall–Kier alpha value is -0.580. The van der Waals surface area contributed by atoms with Crippen molar-refractivity contribution < 1.29 is 4.79 Å². The van der Waals surface area contributed by atoms with E-state index in [9.17, 15) is 4.79 Å². The Morgan fingerprint density at radius 3 is 3.00 bits per heavy atom. The van der Waals surface area contributed by atoms with Crippen LogP contribution in [0.25, 0.3) is 0 Å². The predicted molar refractivity (Wildman–Crippen MR) is 50.3 cm³/mol. The van der Waals surface area contributed by atoms with Gasteiger partial charge in [-0.3, -0.25) is 4.79 Å². The Kier molecular flexibility index (Phi) is 1.60. The molecule has 1 amide bonds. The van der Waals surface area contributed by atoms with Gasteiger partial charge in [0.25, 0.3) is 5.91 Å². The van der Waals surface area contributed by atoms with E-state index in [4.69, 9.17) is 0 Å².